The Morgan fingerprint density at radius 2 is 1.57 bits per heavy atom. The lowest BCUT2D eigenvalue weighted by Crippen LogP contribution is -2.37. The molecule has 150 valence electrons. The highest BCUT2D eigenvalue weighted by Crippen LogP contribution is 2.31. The van der Waals surface area contributed by atoms with Crippen LogP contribution in [0.2, 0.25) is 0 Å². The first-order valence-electron chi connectivity index (χ1n) is 8.40. The zero-order valence-corrected chi connectivity index (χ0v) is 14.4. The largest absolute Gasteiger partial charge is 0.417 e. The summed E-state index contributed by atoms with van der Waals surface area (Å²) in [5.74, 6) is -0.0179. The maximum absolute atomic E-state index is 12.7. The molecule has 1 fully saturated rings. The molecule has 1 atom stereocenters. The first-order chi connectivity index (χ1) is 13.1. The Kier molecular flexibility index (Phi) is 5.31. The van der Waals surface area contributed by atoms with Gasteiger partial charge in [0.05, 0.1) is 23.6 Å². The Labute approximate surface area is 156 Å². The van der Waals surface area contributed by atoms with Crippen LogP contribution in [0.5, 0.6) is 0 Å². The van der Waals surface area contributed by atoms with Crippen molar-refractivity contribution in [3.8, 4) is 0 Å². The molecule has 1 aliphatic rings. The van der Waals surface area contributed by atoms with E-state index in [2.05, 4.69) is 9.97 Å². The lowest BCUT2D eigenvalue weighted by molar-refractivity contribution is -0.138. The van der Waals surface area contributed by atoms with Crippen molar-refractivity contribution >= 4 is 11.6 Å². The molecule has 4 nitrogen and oxygen atoms in total. The Hall–Kier alpha value is -2.65. The topological polar surface area (TPSA) is 46.1 Å². The normalized spacial score (nSPS) is 17.8. The fourth-order valence-corrected chi connectivity index (χ4v) is 3.09. The van der Waals surface area contributed by atoms with E-state index >= 15 is 0 Å². The summed E-state index contributed by atoms with van der Waals surface area (Å²) in [6.07, 6.45) is -6.65. The van der Waals surface area contributed by atoms with Gasteiger partial charge >= 0.3 is 12.4 Å². The average Bonchev–Trinajstić information content (AvgIpc) is 3.10. The number of rotatable bonds is 4. The van der Waals surface area contributed by atoms with Crippen molar-refractivity contribution in [2.24, 2.45) is 0 Å². The molecule has 0 aliphatic carbocycles. The van der Waals surface area contributed by atoms with Gasteiger partial charge in [0.1, 0.15) is 5.82 Å². The summed E-state index contributed by atoms with van der Waals surface area (Å²) >= 11 is 0. The first kappa shape index (κ1) is 20.1. The minimum Gasteiger partial charge on any atom is -0.347 e. The Balaban J connectivity index is 1.71. The molecular weight excluding hydrogens is 388 g/mol. The monoisotopic (exact) mass is 403 g/mol. The second kappa shape index (κ2) is 7.40. The molecule has 1 saturated heterocycles. The Bertz CT molecular complexity index is 830. The molecule has 0 aromatic carbocycles. The number of Topliss-reactive ketones (excluding diaryl/α,β-unsaturated/α-hetero) is 1. The standard InChI is InChI=1S/C18H15F6N3O/c19-17(20,21)11-3-5-13(25-9-11)8-15(28)14-2-1-7-27(14)16-6-4-12(10-26-16)18(22,23)24/h3-6,9-10,14H,1-2,7-8H2. The third kappa shape index (κ3) is 4.42. The van der Waals surface area contributed by atoms with Gasteiger partial charge in [0.25, 0.3) is 0 Å². The minimum atomic E-state index is -4.51. The minimum absolute atomic E-state index is 0.167. The molecule has 0 amide bonds. The van der Waals surface area contributed by atoms with Gasteiger partial charge in [0.2, 0.25) is 0 Å². The molecule has 3 heterocycles. The van der Waals surface area contributed by atoms with Gasteiger partial charge in [-0.1, -0.05) is 0 Å². The molecule has 10 heteroatoms. The predicted octanol–water partition coefficient (Wildman–Crippen LogP) is 4.29. The van der Waals surface area contributed by atoms with Crippen LogP contribution >= 0.6 is 0 Å². The van der Waals surface area contributed by atoms with Gasteiger partial charge in [0.15, 0.2) is 5.78 Å². The number of aromatic nitrogens is 2. The molecule has 3 rings (SSSR count). The van der Waals surface area contributed by atoms with E-state index in [0.29, 0.717) is 31.8 Å². The van der Waals surface area contributed by atoms with E-state index in [1.165, 1.54) is 6.07 Å². The van der Waals surface area contributed by atoms with E-state index in [4.69, 9.17) is 0 Å². The SMILES string of the molecule is O=C(Cc1ccc(C(F)(F)F)cn1)C1CCCN1c1ccc(C(F)(F)F)cn1. The number of halogens is 6. The first-order valence-corrected chi connectivity index (χ1v) is 8.40. The molecule has 2 aromatic heterocycles. The maximum Gasteiger partial charge on any atom is 0.417 e. The summed E-state index contributed by atoms with van der Waals surface area (Å²) in [6, 6.07) is 3.52. The highest BCUT2D eigenvalue weighted by atomic mass is 19.4. The van der Waals surface area contributed by atoms with Crippen molar-refractivity contribution in [1.82, 2.24) is 9.97 Å². The highest BCUT2D eigenvalue weighted by Gasteiger charge is 2.34. The van der Waals surface area contributed by atoms with Crippen molar-refractivity contribution in [3.05, 3.63) is 53.5 Å². The van der Waals surface area contributed by atoms with Crippen LogP contribution in [-0.2, 0) is 23.6 Å². The lowest BCUT2D eigenvalue weighted by atomic mass is 10.0. The van der Waals surface area contributed by atoms with Gasteiger partial charge in [-0.2, -0.15) is 26.3 Å². The number of carbonyl (C=O) groups is 1. The van der Waals surface area contributed by atoms with Crippen LogP contribution in [0.1, 0.15) is 29.7 Å². The zero-order valence-electron chi connectivity index (χ0n) is 14.4. The van der Waals surface area contributed by atoms with Crippen molar-refractivity contribution in [3.63, 3.8) is 0 Å². The third-order valence-corrected chi connectivity index (χ3v) is 4.50. The number of carbonyl (C=O) groups excluding carboxylic acids is 1. The van der Waals surface area contributed by atoms with Gasteiger partial charge in [-0.3, -0.25) is 9.78 Å². The maximum atomic E-state index is 12.7. The molecule has 0 bridgehead atoms. The molecule has 2 aromatic rings. The van der Waals surface area contributed by atoms with Crippen molar-refractivity contribution in [2.45, 2.75) is 37.7 Å². The average molecular weight is 403 g/mol. The number of hydrogen-bond donors (Lipinski definition) is 0. The van der Waals surface area contributed by atoms with Crippen LogP contribution in [0.25, 0.3) is 0 Å². The molecule has 0 radical (unpaired) electrons. The fraction of sp³-hybridized carbons (Fsp3) is 0.389. The molecular formula is C18H15F6N3O. The van der Waals surface area contributed by atoms with E-state index < -0.39 is 29.5 Å². The molecule has 1 unspecified atom stereocenters. The van der Waals surface area contributed by atoms with Gasteiger partial charge in [-0.05, 0) is 37.1 Å². The van der Waals surface area contributed by atoms with Crippen molar-refractivity contribution < 1.29 is 31.1 Å². The zero-order chi connectivity index (χ0) is 20.5. The van der Waals surface area contributed by atoms with Gasteiger partial charge < -0.3 is 4.90 Å². The van der Waals surface area contributed by atoms with Gasteiger partial charge in [-0.15, -0.1) is 0 Å². The second-order valence-electron chi connectivity index (χ2n) is 6.43. The van der Waals surface area contributed by atoms with E-state index in [1.54, 1.807) is 4.90 Å². The van der Waals surface area contributed by atoms with E-state index in [-0.39, 0.29) is 23.7 Å². The van der Waals surface area contributed by atoms with Crippen LogP contribution < -0.4 is 4.90 Å². The van der Waals surface area contributed by atoms with Crippen LogP contribution in [0.15, 0.2) is 36.7 Å². The number of ketones is 1. The smallest absolute Gasteiger partial charge is 0.347 e. The van der Waals surface area contributed by atoms with Crippen LogP contribution in [0.3, 0.4) is 0 Å². The Morgan fingerprint density at radius 1 is 0.964 bits per heavy atom. The quantitative estimate of drug-likeness (QED) is 0.715. The fourth-order valence-electron chi connectivity index (χ4n) is 3.09. The summed E-state index contributed by atoms with van der Waals surface area (Å²) in [4.78, 5) is 21.7. The van der Waals surface area contributed by atoms with Gasteiger partial charge in [0, 0.05) is 24.6 Å². The number of nitrogens with zero attached hydrogens (tertiary/aromatic N) is 3. The van der Waals surface area contributed by atoms with Gasteiger partial charge in [-0.25, -0.2) is 4.98 Å². The summed E-state index contributed by atoms with van der Waals surface area (Å²) in [5.41, 5.74) is -1.59. The molecule has 0 spiro atoms. The number of pyridine rings is 2. The van der Waals surface area contributed by atoms with Crippen LogP contribution in [-0.4, -0.2) is 28.3 Å². The summed E-state index contributed by atoms with van der Waals surface area (Å²) in [7, 11) is 0. The highest BCUT2D eigenvalue weighted by molar-refractivity contribution is 5.89. The van der Waals surface area contributed by atoms with Crippen molar-refractivity contribution in [2.75, 3.05) is 11.4 Å². The summed E-state index contributed by atoms with van der Waals surface area (Å²) in [5, 5.41) is 0. The number of anilines is 1. The number of alkyl halides is 6. The predicted molar refractivity (Wildman–Crippen MR) is 87.6 cm³/mol. The van der Waals surface area contributed by atoms with Crippen LogP contribution in [0, 0.1) is 0 Å². The molecule has 0 saturated carbocycles. The molecule has 1 aliphatic heterocycles. The van der Waals surface area contributed by atoms with Crippen LogP contribution in [0.4, 0.5) is 32.2 Å². The lowest BCUT2D eigenvalue weighted by Gasteiger charge is -2.25. The second-order valence-corrected chi connectivity index (χ2v) is 6.43. The van der Waals surface area contributed by atoms with E-state index in [0.717, 1.165) is 18.2 Å². The van der Waals surface area contributed by atoms with Crippen molar-refractivity contribution in [1.29, 1.82) is 0 Å². The molecule has 28 heavy (non-hydrogen) atoms. The summed E-state index contributed by atoms with van der Waals surface area (Å²) < 4.78 is 75.7. The number of hydrogen-bond acceptors (Lipinski definition) is 4. The molecule has 0 N–H and O–H groups in total. The Morgan fingerprint density at radius 3 is 2.07 bits per heavy atom. The summed E-state index contributed by atoms with van der Waals surface area (Å²) in [6.45, 7) is 0.454. The van der Waals surface area contributed by atoms with E-state index in [9.17, 15) is 31.1 Å². The third-order valence-electron chi connectivity index (χ3n) is 4.50. The van der Waals surface area contributed by atoms with E-state index in [1.807, 2.05) is 0 Å².